The normalized spacial score (nSPS) is 13.8. The highest BCUT2D eigenvalue weighted by Crippen LogP contribution is 2.35. The number of pyridine rings is 1. The molecule has 9 nitrogen and oxygen atoms in total. The van der Waals surface area contributed by atoms with Gasteiger partial charge < -0.3 is 25.2 Å². The van der Waals surface area contributed by atoms with Crippen LogP contribution in [0.3, 0.4) is 0 Å². The van der Waals surface area contributed by atoms with Gasteiger partial charge in [-0.3, -0.25) is 14.6 Å². The van der Waals surface area contributed by atoms with Crippen molar-refractivity contribution in [2.45, 2.75) is 25.8 Å². The van der Waals surface area contributed by atoms with Crippen molar-refractivity contribution in [2.24, 2.45) is 5.92 Å². The molecule has 0 bridgehead atoms. The van der Waals surface area contributed by atoms with Crippen LogP contribution >= 0.6 is 22.9 Å². The number of nitrogens with zero attached hydrogens (tertiary/aromatic N) is 2. The minimum atomic E-state index is -0.459. The van der Waals surface area contributed by atoms with Gasteiger partial charge in [-0.2, -0.15) is 0 Å². The van der Waals surface area contributed by atoms with Gasteiger partial charge in [0.1, 0.15) is 17.2 Å². The number of aliphatic hydroxyl groups excluding tert-OH is 1. The molecule has 2 aromatic heterocycles. The molecule has 1 saturated carbocycles. The number of nitrogens with one attached hydrogen (secondary N) is 2. The Morgan fingerprint density at radius 2 is 2.08 bits per heavy atom. The zero-order chi connectivity index (χ0) is 26.2. The fraction of sp³-hybridized carbons (Fsp3) is 0.308. The van der Waals surface area contributed by atoms with Gasteiger partial charge in [-0.25, -0.2) is 4.98 Å². The van der Waals surface area contributed by atoms with E-state index in [4.69, 9.17) is 26.2 Å². The Morgan fingerprint density at radius 1 is 1.24 bits per heavy atom. The Labute approximate surface area is 223 Å². The van der Waals surface area contributed by atoms with Gasteiger partial charge in [0.15, 0.2) is 0 Å². The van der Waals surface area contributed by atoms with Crippen molar-refractivity contribution in [3.63, 3.8) is 0 Å². The van der Waals surface area contributed by atoms with Gasteiger partial charge in [-0.05, 0) is 56.0 Å². The third-order valence-corrected chi connectivity index (χ3v) is 6.48. The number of rotatable bonds is 12. The summed E-state index contributed by atoms with van der Waals surface area (Å²) in [6, 6.07) is 7.97. The highest BCUT2D eigenvalue weighted by molar-refractivity contribution is 7.14. The molecule has 0 radical (unpaired) electrons. The van der Waals surface area contributed by atoms with Crippen LogP contribution in [-0.4, -0.2) is 52.7 Å². The molecule has 0 saturated heterocycles. The van der Waals surface area contributed by atoms with E-state index in [2.05, 4.69) is 20.6 Å². The molecule has 2 amide bonds. The summed E-state index contributed by atoms with van der Waals surface area (Å²) in [6.07, 6.45) is 9.17. The Bertz CT molecular complexity index is 1280. The summed E-state index contributed by atoms with van der Waals surface area (Å²) >= 11 is 7.69. The molecule has 0 aliphatic heterocycles. The highest BCUT2D eigenvalue weighted by Gasteiger charge is 2.22. The SMILES string of the molecule is C[C@@H](C=Cc1cnc(Oc2ccc(OCC3CC3)cc2Cl)s1)NC(=O)c1ccnc(C(=O)NCCO)c1. The molecule has 1 fully saturated rings. The minimum absolute atomic E-state index is 0.0991. The summed E-state index contributed by atoms with van der Waals surface area (Å²) < 4.78 is 11.6. The molecule has 1 atom stereocenters. The Hall–Kier alpha value is -3.47. The predicted octanol–water partition coefficient (Wildman–Crippen LogP) is 4.33. The monoisotopic (exact) mass is 542 g/mol. The van der Waals surface area contributed by atoms with Crippen LogP contribution in [0.2, 0.25) is 5.02 Å². The topological polar surface area (TPSA) is 123 Å². The largest absolute Gasteiger partial charge is 0.493 e. The second kappa shape index (κ2) is 12.7. The van der Waals surface area contributed by atoms with E-state index < -0.39 is 5.91 Å². The van der Waals surface area contributed by atoms with E-state index in [-0.39, 0.29) is 30.8 Å². The highest BCUT2D eigenvalue weighted by atomic mass is 35.5. The molecule has 1 aromatic carbocycles. The fourth-order valence-electron chi connectivity index (χ4n) is 3.17. The molecular formula is C26H27ClN4O5S. The van der Waals surface area contributed by atoms with Crippen molar-refractivity contribution in [3.8, 4) is 16.7 Å². The van der Waals surface area contributed by atoms with Gasteiger partial charge in [0, 0.05) is 36.6 Å². The number of hydrogen-bond acceptors (Lipinski definition) is 8. The molecule has 3 aromatic rings. The second-order valence-electron chi connectivity index (χ2n) is 8.51. The van der Waals surface area contributed by atoms with Crippen molar-refractivity contribution in [3.05, 3.63) is 70.0 Å². The summed E-state index contributed by atoms with van der Waals surface area (Å²) in [5.41, 5.74) is 0.403. The van der Waals surface area contributed by atoms with Crippen molar-refractivity contribution >= 4 is 40.8 Å². The first kappa shape index (κ1) is 26.6. The summed E-state index contributed by atoms with van der Waals surface area (Å²) in [6.45, 7) is 2.47. The van der Waals surface area contributed by atoms with Gasteiger partial charge in [0.2, 0.25) is 0 Å². The number of halogens is 1. The zero-order valence-corrected chi connectivity index (χ0v) is 21.7. The first-order chi connectivity index (χ1) is 17.9. The number of amides is 2. The van der Waals surface area contributed by atoms with Crippen LogP contribution in [0.15, 0.2) is 48.8 Å². The molecule has 3 N–H and O–H groups in total. The van der Waals surface area contributed by atoms with E-state index in [1.54, 1.807) is 18.3 Å². The number of carbonyl (C=O) groups excluding carboxylic acids is 2. The van der Waals surface area contributed by atoms with E-state index in [0.717, 1.165) is 10.6 Å². The number of aromatic nitrogens is 2. The Balaban J connectivity index is 1.29. The van der Waals surface area contributed by atoms with Crippen molar-refractivity contribution < 1.29 is 24.2 Å². The lowest BCUT2D eigenvalue weighted by atomic mass is 10.2. The Kier molecular flexibility index (Phi) is 9.10. The number of carbonyl (C=O) groups is 2. The molecule has 0 spiro atoms. The maximum Gasteiger partial charge on any atom is 0.279 e. The number of ether oxygens (including phenoxy) is 2. The zero-order valence-electron chi connectivity index (χ0n) is 20.1. The van der Waals surface area contributed by atoms with Gasteiger partial charge >= 0.3 is 0 Å². The summed E-state index contributed by atoms with van der Waals surface area (Å²) in [5, 5.41) is 15.1. The molecule has 0 unspecified atom stereocenters. The van der Waals surface area contributed by atoms with Crippen LogP contribution in [-0.2, 0) is 0 Å². The van der Waals surface area contributed by atoms with E-state index >= 15 is 0 Å². The van der Waals surface area contributed by atoms with Crippen LogP contribution in [0.5, 0.6) is 16.7 Å². The Morgan fingerprint density at radius 3 is 2.84 bits per heavy atom. The van der Waals surface area contributed by atoms with Crippen molar-refractivity contribution in [1.82, 2.24) is 20.6 Å². The van der Waals surface area contributed by atoms with Crippen LogP contribution in [0.1, 0.15) is 45.5 Å². The number of benzene rings is 1. The van der Waals surface area contributed by atoms with Crippen molar-refractivity contribution in [1.29, 1.82) is 0 Å². The molecule has 37 heavy (non-hydrogen) atoms. The van der Waals surface area contributed by atoms with Crippen LogP contribution in [0.25, 0.3) is 6.08 Å². The van der Waals surface area contributed by atoms with E-state index in [9.17, 15) is 9.59 Å². The van der Waals surface area contributed by atoms with Crippen LogP contribution in [0.4, 0.5) is 0 Å². The average Bonchev–Trinajstić information content (AvgIpc) is 3.63. The minimum Gasteiger partial charge on any atom is -0.493 e. The molecular weight excluding hydrogens is 516 g/mol. The van der Waals surface area contributed by atoms with E-state index in [1.165, 1.54) is 42.5 Å². The summed E-state index contributed by atoms with van der Waals surface area (Å²) in [7, 11) is 0. The van der Waals surface area contributed by atoms with Crippen LogP contribution in [0, 0.1) is 5.92 Å². The maximum atomic E-state index is 12.6. The van der Waals surface area contributed by atoms with Crippen molar-refractivity contribution in [2.75, 3.05) is 19.8 Å². The van der Waals surface area contributed by atoms with E-state index in [0.29, 0.717) is 34.1 Å². The molecule has 1 aliphatic rings. The lowest BCUT2D eigenvalue weighted by Gasteiger charge is -2.10. The second-order valence-corrected chi connectivity index (χ2v) is 9.94. The van der Waals surface area contributed by atoms with Gasteiger partial charge in [0.25, 0.3) is 17.0 Å². The molecule has 1 aliphatic carbocycles. The summed E-state index contributed by atoms with van der Waals surface area (Å²) in [4.78, 5) is 33.7. The number of thiazole rings is 1. The molecule has 2 heterocycles. The standard InChI is InChI=1S/C26H27ClN4O5S/c1-16(31-24(33)18-8-9-28-22(12-18)25(34)29-10-11-32)2-6-20-14-30-26(37-20)36-23-7-5-19(13-21(23)27)35-15-17-3-4-17/h2,5-9,12-14,16-17,32H,3-4,10-11,15H2,1H3,(H,29,34)(H,31,33)/t16-/m0/s1. The third kappa shape index (κ3) is 8.01. The molecule has 194 valence electrons. The lowest BCUT2D eigenvalue weighted by molar-refractivity contribution is 0.0939. The average molecular weight is 543 g/mol. The van der Waals surface area contributed by atoms with E-state index in [1.807, 2.05) is 25.1 Å². The van der Waals surface area contributed by atoms with Gasteiger partial charge in [-0.1, -0.05) is 29.0 Å². The fourth-order valence-corrected chi connectivity index (χ4v) is 4.07. The quantitative estimate of drug-likeness (QED) is 0.311. The first-order valence-corrected chi connectivity index (χ1v) is 13.0. The molecule has 11 heteroatoms. The molecule has 4 rings (SSSR count). The van der Waals surface area contributed by atoms with Gasteiger partial charge in [-0.15, -0.1) is 0 Å². The maximum absolute atomic E-state index is 12.6. The number of aliphatic hydroxyl groups is 1. The number of hydrogen-bond donors (Lipinski definition) is 3. The smallest absolute Gasteiger partial charge is 0.279 e. The lowest BCUT2D eigenvalue weighted by Crippen LogP contribution is -2.32. The predicted molar refractivity (Wildman–Crippen MR) is 141 cm³/mol. The van der Waals surface area contributed by atoms with Crippen LogP contribution < -0.4 is 20.1 Å². The third-order valence-electron chi connectivity index (χ3n) is 5.35. The first-order valence-electron chi connectivity index (χ1n) is 11.8. The summed E-state index contributed by atoms with van der Waals surface area (Å²) in [5.74, 6) is 1.07. The van der Waals surface area contributed by atoms with Gasteiger partial charge in [0.05, 0.1) is 23.1 Å².